The zero-order valence-corrected chi connectivity index (χ0v) is 13.3. The molecule has 0 radical (unpaired) electrons. The minimum Gasteiger partial charge on any atom is -0.497 e. The summed E-state index contributed by atoms with van der Waals surface area (Å²) in [4.78, 5) is 12.3. The number of hydrogen-bond donors (Lipinski definition) is 1. The maximum absolute atomic E-state index is 13.1. The number of ether oxygens (including phenoxy) is 2. The second-order valence-corrected chi connectivity index (χ2v) is 5.41. The molecule has 1 aliphatic rings. The molecule has 1 N–H and O–H groups in total. The van der Waals surface area contributed by atoms with E-state index in [1.54, 1.807) is 12.1 Å². The molecular formula is C15H17F3N2O4. The second kappa shape index (κ2) is 6.31. The van der Waals surface area contributed by atoms with Crippen LogP contribution in [0.15, 0.2) is 29.4 Å². The van der Waals surface area contributed by atoms with Crippen LogP contribution in [0.3, 0.4) is 0 Å². The first kappa shape index (κ1) is 18.1. The van der Waals surface area contributed by atoms with Gasteiger partial charge in [0.1, 0.15) is 11.5 Å². The normalized spacial score (nSPS) is 22.1. The highest BCUT2D eigenvalue weighted by Crippen LogP contribution is 2.40. The average molecular weight is 346 g/mol. The molecule has 0 aromatic heterocycles. The van der Waals surface area contributed by atoms with Crippen molar-refractivity contribution in [1.29, 1.82) is 0 Å². The Hall–Kier alpha value is -2.29. The number of rotatable bonds is 4. The predicted molar refractivity (Wildman–Crippen MR) is 78.7 cm³/mol. The van der Waals surface area contributed by atoms with Crippen molar-refractivity contribution < 1.29 is 32.5 Å². The van der Waals surface area contributed by atoms with Gasteiger partial charge in [-0.15, -0.1) is 0 Å². The van der Waals surface area contributed by atoms with Gasteiger partial charge in [0, 0.05) is 12.1 Å². The molecule has 0 fully saturated rings. The lowest BCUT2D eigenvalue weighted by Gasteiger charge is -2.33. The van der Waals surface area contributed by atoms with Gasteiger partial charge in [0.25, 0.3) is 11.6 Å². The third kappa shape index (κ3) is 3.30. The summed E-state index contributed by atoms with van der Waals surface area (Å²) >= 11 is 0. The molecule has 2 unspecified atom stereocenters. The van der Waals surface area contributed by atoms with Crippen LogP contribution in [0.1, 0.15) is 20.3 Å². The van der Waals surface area contributed by atoms with E-state index in [1.165, 1.54) is 33.1 Å². The smallest absolute Gasteiger partial charge is 0.438 e. The van der Waals surface area contributed by atoms with E-state index in [0.29, 0.717) is 5.75 Å². The van der Waals surface area contributed by atoms with Crippen LogP contribution in [-0.2, 0) is 4.79 Å². The molecule has 1 aromatic rings. The molecule has 1 heterocycles. The van der Waals surface area contributed by atoms with E-state index in [1.807, 2.05) is 0 Å². The maximum atomic E-state index is 13.1. The largest absolute Gasteiger partial charge is 0.497 e. The molecular weight excluding hydrogens is 329 g/mol. The molecule has 24 heavy (non-hydrogen) atoms. The van der Waals surface area contributed by atoms with Gasteiger partial charge in [0.05, 0.1) is 7.11 Å². The third-order valence-electron chi connectivity index (χ3n) is 3.51. The van der Waals surface area contributed by atoms with Crippen molar-refractivity contribution in [3.05, 3.63) is 24.3 Å². The number of nitrogens with zero attached hydrogens (tertiary/aromatic N) is 2. The van der Waals surface area contributed by atoms with E-state index in [-0.39, 0.29) is 16.5 Å². The van der Waals surface area contributed by atoms with Crippen molar-refractivity contribution in [2.45, 2.75) is 38.3 Å². The second-order valence-electron chi connectivity index (χ2n) is 5.41. The minimum atomic E-state index is -5.04. The van der Waals surface area contributed by atoms with Gasteiger partial charge >= 0.3 is 6.18 Å². The van der Waals surface area contributed by atoms with Gasteiger partial charge in [0.2, 0.25) is 0 Å². The van der Waals surface area contributed by atoms with Gasteiger partial charge in [-0.2, -0.15) is 23.3 Å². The van der Waals surface area contributed by atoms with Crippen LogP contribution in [0, 0.1) is 0 Å². The lowest BCUT2D eigenvalue weighted by atomic mass is 10.1. The number of methoxy groups -OCH3 is 1. The van der Waals surface area contributed by atoms with Crippen molar-refractivity contribution in [1.82, 2.24) is 5.01 Å². The van der Waals surface area contributed by atoms with Crippen LogP contribution in [0.5, 0.6) is 11.5 Å². The van der Waals surface area contributed by atoms with E-state index >= 15 is 0 Å². The van der Waals surface area contributed by atoms with E-state index in [2.05, 4.69) is 5.10 Å². The standard InChI is InChI=1S/C15H17F3N2O4/c1-9-8-14(22,15(16,17)18)20(19-9)13(21)10(2)24-12-6-4-11(23-3)5-7-12/h4-7,10,22H,8H2,1-3H3. The summed E-state index contributed by atoms with van der Waals surface area (Å²) in [6.45, 7) is 2.59. The monoisotopic (exact) mass is 346 g/mol. The molecule has 132 valence electrons. The molecule has 1 aromatic carbocycles. The van der Waals surface area contributed by atoms with E-state index in [0.717, 1.165) is 0 Å². The quantitative estimate of drug-likeness (QED) is 0.908. The van der Waals surface area contributed by atoms with E-state index in [9.17, 15) is 23.1 Å². The molecule has 2 rings (SSSR count). The Bertz CT molecular complexity index is 645. The molecule has 1 aliphatic heterocycles. The Morgan fingerprint density at radius 1 is 1.33 bits per heavy atom. The summed E-state index contributed by atoms with van der Waals surface area (Å²) in [5.41, 5.74) is -3.36. The number of hydrogen-bond acceptors (Lipinski definition) is 5. The Morgan fingerprint density at radius 2 is 1.88 bits per heavy atom. The van der Waals surface area contributed by atoms with Crippen LogP contribution < -0.4 is 9.47 Å². The number of aliphatic hydroxyl groups is 1. The van der Waals surface area contributed by atoms with Gasteiger partial charge in [-0.3, -0.25) is 4.79 Å². The fourth-order valence-corrected chi connectivity index (χ4v) is 2.25. The fourth-order valence-electron chi connectivity index (χ4n) is 2.25. The molecule has 9 heteroatoms. The Balaban J connectivity index is 2.16. The van der Waals surface area contributed by atoms with E-state index in [4.69, 9.17) is 9.47 Å². The van der Waals surface area contributed by atoms with Crippen molar-refractivity contribution in [2.75, 3.05) is 7.11 Å². The number of alkyl halides is 3. The predicted octanol–water partition coefficient (Wildman–Crippen LogP) is 2.32. The summed E-state index contributed by atoms with van der Waals surface area (Å²) in [6.07, 6.45) is -7.11. The number of benzene rings is 1. The summed E-state index contributed by atoms with van der Waals surface area (Å²) in [6, 6.07) is 6.18. The summed E-state index contributed by atoms with van der Waals surface area (Å²) < 4.78 is 49.7. The molecule has 2 atom stereocenters. The highest BCUT2D eigenvalue weighted by molar-refractivity contribution is 5.90. The van der Waals surface area contributed by atoms with Gasteiger partial charge in [-0.05, 0) is 38.1 Å². The molecule has 0 bridgehead atoms. The lowest BCUT2D eigenvalue weighted by Crippen LogP contribution is -2.58. The molecule has 6 nitrogen and oxygen atoms in total. The van der Waals surface area contributed by atoms with Gasteiger partial charge < -0.3 is 14.6 Å². The van der Waals surface area contributed by atoms with Crippen molar-refractivity contribution in [3.8, 4) is 11.5 Å². The van der Waals surface area contributed by atoms with Crippen LogP contribution in [0.25, 0.3) is 0 Å². The Labute approximate surface area is 136 Å². The number of hydrazone groups is 1. The van der Waals surface area contributed by atoms with Crippen LogP contribution >= 0.6 is 0 Å². The fraction of sp³-hybridized carbons (Fsp3) is 0.467. The van der Waals surface area contributed by atoms with Crippen molar-refractivity contribution in [3.63, 3.8) is 0 Å². The first-order valence-electron chi connectivity index (χ1n) is 7.06. The van der Waals surface area contributed by atoms with Gasteiger partial charge in [-0.1, -0.05) is 0 Å². The Kier molecular flexibility index (Phi) is 4.75. The molecule has 1 amide bonds. The lowest BCUT2D eigenvalue weighted by molar-refractivity contribution is -0.303. The van der Waals surface area contributed by atoms with Gasteiger partial charge in [0.15, 0.2) is 6.10 Å². The van der Waals surface area contributed by atoms with E-state index < -0.39 is 30.3 Å². The van der Waals surface area contributed by atoms with Gasteiger partial charge in [-0.25, -0.2) is 0 Å². The number of carbonyl (C=O) groups is 1. The number of amides is 1. The Morgan fingerprint density at radius 3 is 2.38 bits per heavy atom. The summed E-state index contributed by atoms with van der Waals surface area (Å²) in [5.74, 6) is -0.262. The SMILES string of the molecule is COc1ccc(OC(C)C(=O)N2N=C(C)CC2(O)C(F)(F)F)cc1. The molecule has 0 saturated heterocycles. The van der Waals surface area contributed by atoms with Crippen LogP contribution in [0.2, 0.25) is 0 Å². The average Bonchev–Trinajstić information content (AvgIpc) is 2.83. The molecule has 0 spiro atoms. The number of halogens is 3. The van der Waals surface area contributed by atoms with Crippen molar-refractivity contribution >= 4 is 11.6 Å². The summed E-state index contributed by atoms with van der Waals surface area (Å²) in [7, 11) is 1.48. The molecule has 0 aliphatic carbocycles. The first-order chi connectivity index (χ1) is 11.1. The first-order valence-corrected chi connectivity index (χ1v) is 7.06. The maximum Gasteiger partial charge on any atom is 0.438 e. The van der Waals surface area contributed by atoms with Crippen molar-refractivity contribution in [2.24, 2.45) is 5.10 Å². The zero-order chi connectivity index (χ0) is 18.1. The molecule has 0 saturated carbocycles. The van der Waals surface area contributed by atoms with Crippen LogP contribution in [-0.4, -0.2) is 46.8 Å². The minimum absolute atomic E-state index is 0.000164. The number of carbonyl (C=O) groups excluding carboxylic acids is 1. The third-order valence-corrected chi connectivity index (χ3v) is 3.51. The topological polar surface area (TPSA) is 71.4 Å². The zero-order valence-electron chi connectivity index (χ0n) is 13.3. The highest BCUT2D eigenvalue weighted by Gasteiger charge is 2.63. The van der Waals surface area contributed by atoms with Crippen LogP contribution in [0.4, 0.5) is 13.2 Å². The highest BCUT2D eigenvalue weighted by atomic mass is 19.4. The summed E-state index contributed by atoms with van der Waals surface area (Å²) in [5, 5.41) is 13.5.